The highest BCUT2D eigenvalue weighted by molar-refractivity contribution is 4.95. The zero-order valence-electron chi connectivity index (χ0n) is 6.08. The Morgan fingerprint density at radius 2 is 2.20 bits per heavy atom. The molecule has 0 aliphatic heterocycles. The van der Waals surface area contributed by atoms with Crippen LogP contribution in [0.5, 0.6) is 0 Å². The number of aliphatic hydroxyl groups excluding tert-OH is 2. The van der Waals surface area contributed by atoms with Gasteiger partial charge in [-0.2, -0.15) is 0 Å². The van der Waals surface area contributed by atoms with Crippen molar-refractivity contribution in [2.75, 3.05) is 19.8 Å². The molecule has 1 fully saturated rings. The maximum absolute atomic E-state index is 8.95. The Bertz CT molecular complexity index is 105. The van der Waals surface area contributed by atoms with E-state index in [2.05, 4.69) is 0 Å². The molecular weight excluding hydrogens is 130 g/mol. The predicted octanol–water partition coefficient (Wildman–Crippen LogP) is -0.674. The van der Waals surface area contributed by atoms with E-state index in [9.17, 15) is 0 Å². The Kier molecular flexibility index (Phi) is 2.28. The standard InChI is InChI=1S/C7H15NO2/c8-4-7(5-10)2-1-6(7)3-9/h6,9-10H,1-5,8H2. The molecule has 1 aliphatic rings. The van der Waals surface area contributed by atoms with E-state index in [1.807, 2.05) is 0 Å². The summed E-state index contributed by atoms with van der Waals surface area (Å²) in [5.74, 6) is 0.238. The molecule has 2 atom stereocenters. The van der Waals surface area contributed by atoms with Crippen LogP contribution in [-0.2, 0) is 0 Å². The summed E-state index contributed by atoms with van der Waals surface area (Å²) in [7, 11) is 0. The van der Waals surface area contributed by atoms with Crippen LogP contribution in [0, 0.1) is 11.3 Å². The molecule has 1 aliphatic carbocycles. The van der Waals surface area contributed by atoms with Crippen LogP contribution < -0.4 is 5.73 Å². The molecule has 0 aromatic carbocycles. The summed E-state index contributed by atoms with van der Waals surface area (Å²) in [5.41, 5.74) is 5.33. The predicted molar refractivity (Wildman–Crippen MR) is 38.4 cm³/mol. The van der Waals surface area contributed by atoms with Crippen molar-refractivity contribution in [3.05, 3.63) is 0 Å². The Hall–Kier alpha value is -0.120. The highest BCUT2D eigenvalue weighted by atomic mass is 16.3. The average Bonchev–Trinajstić information content (AvgIpc) is 1.90. The molecule has 0 heterocycles. The molecule has 0 amide bonds. The zero-order valence-corrected chi connectivity index (χ0v) is 6.08. The van der Waals surface area contributed by atoms with Crippen molar-refractivity contribution in [3.63, 3.8) is 0 Å². The van der Waals surface area contributed by atoms with E-state index in [0.717, 1.165) is 12.8 Å². The Morgan fingerprint density at radius 3 is 2.30 bits per heavy atom. The van der Waals surface area contributed by atoms with E-state index in [1.54, 1.807) is 0 Å². The molecule has 1 saturated carbocycles. The smallest absolute Gasteiger partial charge is 0.0503 e. The average molecular weight is 145 g/mol. The van der Waals surface area contributed by atoms with Crippen molar-refractivity contribution in [3.8, 4) is 0 Å². The molecule has 0 saturated heterocycles. The van der Waals surface area contributed by atoms with Crippen molar-refractivity contribution in [2.24, 2.45) is 17.1 Å². The first-order valence-electron chi connectivity index (χ1n) is 3.71. The normalized spacial score (nSPS) is 39.3. The lowest BCUT2D eigenvalue weighted by molar-refractivity contribution is -0.0460. The highest BCUT2D eigenvalue weighted by Gasteiger charge is 2.44. The maximum Gasteiger partial charge on any atom is 0.0503 e. The van der Waals surface area contributed by atoms with Gasteiger partial charge >= 0.3 is 0 Å². The van der Waals surface area contributed by atoms with E-state index in [0.29, 0.717) is 6.54 Å². The van der Waals surface area contributed by atoms with Gasteiger partial charge < -0.3 is 15.9 Å². The summed E-state index contributed by atoms with van der Waals surface area (Å²) in [6.07, 6.45) is 1.97. The number of nitrogens with two attached hydrogens (primary N) is 1. The van der Waals surface area contributed by atoms with E-state index in [4.69, 9.17) is 15.9 Å². The summed E-state index contributed by atoms with van der Waals surface area (Å²) < 4.78 is 0. The van der Waals surface area contributed by atoms with Gasteiger partial charge in [0.15, 0.2) is 0 Å². The third-order valence-corrected chi connectivity index (χ3v) is 2.80. The van der Waals surface area contributed by atoms with Crippen LogP contribution in [0.3, 0.4) is 0 Å². The topological polar surface area (TPSA) is 66.5 Å². The third kappa shape index (κ3) is 0.944. The second-order valence-electron chi connectivity index (χ2n) is 3.14. The van der Waals surface area contributed by atoms with Gasteiger partial charge in [0.05, 0.1) is 6.61 Å². The van der Waals surface area contributed by atoms with Crippen LogP contribution in [0.15, 0.2) is 0 Å². The van der Waals surface area contributed by atoms with E-state index in [1.165, 1.54) is 0 Å². The highest BCUT2D eigenvalue weighted by Crippen LogP contribution is 2.44. The van der Waals surface area contributed by atoms with Crippen LogP contribution in [0.1, 0.15) is 12.8 Å². The van der Waals surface area contributed by atoms with Gasteiger partial charge in [-0.15, -0.1) is 0 Å². The van der Waals surface area contributed by atoms with Crippen LogP contribution in [-0.4, -0.2) is 30.0 Å². The molecule has 60 valence electrons. The number of rotatable bonds is 3. The van der Waals surface area contributed by atoms with Gasteiger partial charge in [-0.1, -0.05) is 0 Å². The van der Waals surface area contributed by atoms with Gasteiger partial charge in [-0.05, 0) is 18.8 Å². The molecule has 0 aromatic heterocycles. The second-order valence-corrected chi connectivity index (χ2v) is 3.14. The van der Waals surface area contributed by atoms with Gasteiger partial charge in [-0.25, -0.2) is 0 Å². The number of hydrogen-bond donors (Lipinski definition) is 3. The largest absolute Gasteiger partial charge is 0.396 e. The fraction of sp³-hybridized carbons (Fsp3) is 1.00. The molecule has 0 radical (unpaired) electrons. The monoisotopic (exact) mass is 145 g/mol. The Balaban J connectivity index is 2.48. The van der Waals surface area contributed by atoms with E-state index < -0.39 is 0 Å². The molecular formula is C7H15NO2. The van der Waals surface area contributed by atoms with Crippen LogP contribution in [0.2, 0.25) is 0 Å². The van der Waals surface area contributed by atoms with Crippen molar-refractivity contribution in [1.82, 2.24) is 0 Å². The van der Waals surface area contributed by atoms with Gasteiger partial charge in [0.25, 0.3) is 0 Å². The maximum atomic E-state index is 8.95. The zero-order chi connectivity index (χ0) is 7.61. The summed E-state index contributed by atoms with van der Waals surface area (Å²) in [5, 5.41) is 17.8. The molecule has 10 heavy (non-hydrogen) atoms. The molecule has 0 bridgehead atoms. The minimum absolute atomic E-state index is 0.120. The molecule has 2 unspecified atom stereocenters. The van der Waals surface area contributed by atoms with Crippen LogP contribution in [0.4, 0.5) is 0 Å². The minimum atomic E-state index is -0.144. The Labute approximate surface area is 60.9 Å². The van der Waals surface area contributed by atoms with Crippen LogP contribution >= 0.6 is 0 Å². The first-order valence-corrected chi connectivity index (χ1v) is 3.71. The van der Waals surface area contributed by atoms with Crippen molar-refractivity contribution >= 4 is 0 Å². The van der Waals surface area contributed by atoms with Gasteiger partial charge in [-0.3, -0.25) is 0 Å². The molecule has 0 aromatic rings. The van der Waals surface area contributed by atoms with Gasteiger partial charge in [0.2, 0.25) is 0 Å². The fourth-order valence-corrected chi connectivity index (χ4v) is 1.58. The lowest BCUT2D eigenvalue weighted by Crippen LogP contribution is -2.50. The summed E-state index contributed by atoms with van der Waals surface area (Å²) in [6.45, 7) is 0.779. The Morgan fingerprint density at radius 1 is 1.50 bits per heavy atom. The van der Waals surface area contributed by atoms with Gasteiger partial charge in [0, 0.05) is 18.6 Å². The first kappa shape index (κ1) is 7.98. The molecule has 3 nitrogen and oxygen atoms in total. The van der Waals surface area contributed by atoms with Gasteiger partial charge in [0.1, 0.15) is 0 Å². The number of hydrogen-bond acceptors (Lipinski definition) is 3. The lowest BCUT2D eigenvalue weighted by atomic mass is 9.61. The van der Waals surface area contributed by atoms with Crippen molar-refractivity contribution in [1.29, 1.82) is 0 Å². The minimum Gasteiger partial charge on any atom is -0.396 e. The van der Waals surface area contributed by atoms with Crippen molar-refractivity contribution < 1.29 is 10.2 Å². The molecule has 0 spiro atoms. The van der Waals surface area contributed by atoms with Crippen molar-refractivity contribution in [2.45, 2.75) is 12.8 Å². The summed E-state index contributed by atoms with van der Waals surface area (Å²) in [4.78, 5) is 0. The first-order chi connectivity index (χ1) is 4.79. The fourth-order valence-electron chi connectivity index (χ4n) is 1.58. The quantitative estimate of drug-likeness (QED) is 0.493. The van der Waals surface area contributed by atoms with E-state index >= 15 is 0 Å². The SMILES string of the molecule is NCC1(CO)CCC1CO. The number of aliphatic hydroxyl groups is 2. The third-order valence-electron chi connectivity index (χ3n) is 2.80. The van der Waals surface area contributed by atoms with Crippen LogP contribution in [0.25, 0.3) is 0 Å². The summed E-state index contributed by atoms with van der Waals surface area (Å²) in [6, 6.07) is 0. The summed E-state index contributed by atoms with van der Waals surface area (Å²) >= 11 is 0. The van der Waals surface area contributed by atoms with E-state index in [-0.39, 0.29) is 24.5 Å². The second kappa shape index (κ2) is 2.86. The lowest BCUT2D eigenvalue weighted by Gasteiger charge is -2.47. The molecule has 4 N–H and O–H groups in total. The molecule has 3 heteroatoms. The molecule has 1 rings (SSSR count).